The molecule has 1 amide bonds. The van der Waals surface area contributed by atoms with Gasteiger partial charge in [0.1, 0.15) is 0 Å². The molecule has 2 aliphatic rings. The first-order chi connectivity index (χ1) is 11.5. The van der Waals surface area contributed by atoms with Crippen LogP contribution in [0.25, 0.3) is 0 Å². The summed E-state index contributed by atoms with van der Waals surface area (Å²) in [6.07, 6.45) is 9.44. The van der Waals surface area contributed by atoms with E-state index in [9.17, 15) is 4.79 Å². The van der Waals surface area contributed by atoms with E-state index >= 15 is 0 Å². The number of hydrogen-bond acceptors (Lipinski definition) is 4. The molecule has 2 heterocycles. The van der Waals surface area contributed by atoms with Crippen molar-refractivity contribution < 1.29 is 9.53 Å². The molecule has 2 fully saturated rings. The van der Waals surface area contributed by atoms with Crippen molar-refractivity contribution in [2.45, 2.75) is 83.3 Å². The van der Waals surface area contributed by atoms with Crippen LogP contribution in [-0.4, -0.2) is 60.4 Å². The second-order valence-electron chi connectivity index (χ2n) is 7.60. The van der Waals surface area contributed by atoms with E-state index in [1.165, 1.54) is 19.3 Å². The van der Waals surface area contributed by atoms with Crippen molar-refractivity contribution in [1.82, 2.24) is 9.91 Å². The minimum atomic E-state index is -0.0468. The van der Waals surface area contributed by atoms with Gasteiger partial charge in [0.15, 0.2) is 0 Å². The molecular formula is C19H35N3O2. The second kappa shape index (κ2) is 8.95. The molecule has 0 bridgehead atoms. The van der Waals surface area contributed by atoms with Crippen LogP contribution in [0.3, 0.4) is 0 Å². The van der Waals surface area contributed by atoms with Gasteiger partial charge in [0.05, 0.1) is 17.4 Å². The van der Waals surface area contributed by atoms with E-state index in [0.29, 0.717) is 6.42 Å². The Hall–Kier alpha value is -0.940. The quantitative estimate of drug-likeness (QED) is 0.528. The summed E-state index contributed by atoms with van der Waals surface area (Å²) in [6, 6.07) is 0. The molecule has 5 heteroatoms. The van der Waals surface area contributed by atoms with Gasteiger partial charge in [0, 0.05) is 33.0 Å². The number of carbonyl (C=O) groups excluding carboxylic acids is 1. The summed E-state index contributed by atoms with van der Waals surface area (Å²) in [6.45, 7) is 6.42. The number of unbranched alkanes of at least 4 members (excludes halogenated alkanes) is 4. The summed E-state index contributed by atoms with van der Waals surface area (Å²) < 4.78 is 6.26. The van der Waals surface area contributed by atoms with Gasteiger partial charge in [-0.3, -0.25) is 4.79 Å². The van der Waals surface area contributed by atoms with Crippen LogP contribution in [-0.2, 0) is 9.53 Å². The summed E-state index contributed by atoms with van der Waals surface area (Å²) in [5.74, 6) is 0.121. The molecule has 1 unspecified atom stereocenters. The van der Waals surface area contributed by atoms with Crippen molar-refractivity contribution in [2.24, 2.45) is 5.10 Å². The van der Waals surface area contributed by atoms with Gasteiger partial charge in [0.25, 0.3) is 0 Å². The molecule has 2 saturated heterocycles. The van der Waals surface area contributed by atoms with Crippen molar-refractivity contribution in [3.05, 3.63) is 0 Å². The van der Waals surface area contributed by atoms with Gasteiger partial charge in [0.2, 0.25) is 5.91 Å². The number of amides is 1. The van der Waals surface area contributed by atoms with Crippen LogP contribution < -0.4 is 0 Å². The Morgan fingerprint density at radius 3 is 2.62 bits per heavy atom. The van der Waals surface area contributed by atoms with Gasteiger partial charge >= 0.3 is 0 Å². The van der Waals surface area contributed by atoms with E-state index in [1.54, 1.807) is 12.1 Å². The summed E-state index contributed by atoms with van der Waals surface area (Å²) in [4.78, 5) is 14.6. The molecule has 0 N–H and O–H groups in total. The number of ether oxygens (including phenoxy) is 1. The first-order valence-electron chi connectivity index (χ1n) is 9.66. The molecule has 2 aliphatic heterocycles. The van der Waals surface area contributed by atoms with E-state index in [0.717, 1.165) is 50.9 Å². The highest BCUT2D eigenvalue weighted by molar-refractivity contribution is 5.92. The standard InChI is InChI=1S/C19H35N3O2/c1-5-6-7-8-9-10-18(23)22(4)20-17-15-19(24-16(17)2)11-13-21(3)14-12-19/h16H,5-15H2,1-4H3/b20-17+. The topological polar surface area (TPSA) is 45.1 Å². The van der Waals surface area contributed by atoms with Gasteiger partial charge in [-0.2, -0.15) is 5.10 Å². The van der Waals surface area contributed by atoms with Crippen molar-refractivity contribution in [1.29, 1.82) is 0 Å². The van der Waals surface area contributed by atoms with Crippen molar-refractivity contribution in [3.8, 4) is 0 Å². The lowest BCUT2D eigenvalue weighted by Gasteiger charge is -2.36. The molecule has 1 atom stereocenters. The van der Waals surface area contributed by atoms with E-state index in [2.05, 4.69) is 30.9 Å². The van der Waals surface area contributed by atoms with Crippen LogP contribution in [0, 0.1) is 0 Å². The van der Waals surface area contributed by atoms with Crippen LogP contribution in [0.5, 0.6) is 0 Å². The predicted molar refractivity (Wildman–Crippen MR) is 98.2 cm³/mol. The highest BCUT2D eigenvalue weighted by Gasteiger charge is 2.44. The largest absolute Gasteiger partial charge is 0.366 e. The minimum absolute atomic E-state index is 0.0215. The predicted octanol–water partition coefficient (Wildman–Crippen LogP) is 3.43. The third-order valence-electron chi connectivity index (χ3n) is 5.43. The Morgan fingerprint density at radius 1 is 1.29 bits per heavy atom. The number of nitrogens with zero attached hydrogens (tertiary/aromatic N) is 3. The summed E-state index contributed by atoms with van der Waals surface area (Å²) in [5, 5.41) is 6.15. The smallest absolute Gasteiger partial charge is 0.242 e. The van der Waals surface area contributed by atoms with Crippen molar-refractivity contribution in [2.75, 3.05) is 27.2 Å². The number of hydrogen-bond donors (Lipinski definition) is 0. The van der Waals surface area contributed by atoms with Crippen LogP contribution in [0.15, 0.2) is 5.10 Å². The molecule has 1 spiro atoms. The molecule has 138 valence electrons. The Morgan fingerprint density at radius 2 is 1.96 bits per heavy atom. The van der Waals surface area contributed by atoms with Gasteiger partial charge in [-0.25, -0.2) is 5.01 Å². The zero-order valence-corrected chi connectivity index (χ0v) is 16.0. The van der Waals surface area contributed by atoms with Crippen LogP contribution in [0.1, 0.15) is 71.6 Å². The average Bonchev–Trinajstić information content (AvgIpc) is 2.86. The Kier molecular flexibility index (Phi) is 7.23. The number of likely N-dealkylation sites (tertiary alicyclic amines) is 1. The van der Waals surface area contributed by atoms with Crippen LogP contribution >= 0.6 is 0 Å². The monoisotopic (exact) mass is 337 g/mol. The number of rotatable bonds is 7. The fraction of sp³-hybridized carbons (Fsp3) is 0.895. The summed E-state index contributed by atoms with van der Waals surface area (Å²) in [7, 11) is 3.95. The number of carbonyl (C=O) groups is 1. The third kappa shape index (κ3) is 5.28. The normalized spacial score (nSPS) is 25.5. The van der Waals surface area contributed by atoms with Gasteiger partial charge in [-0.1, -0.05) is 32.6 Å². The van der Waals surface area contributed by atoms with Crippen molar-refractivity contribution in [3.63, 3.8) is 0 Å². The first kappa shape index (κ1) is 19.4. The first-order valence-corrected chi connectivity index (χ1v) is 9.66. The lowest BCUT2D eigenvalue weighted by atomic mass is 9.88. The Labute approximate surface area is 147 Å². The summed E-state index contributed by atoms with van der Waals surface area (Å²) in [5.41, 5.74) is 0.982. The fourth-order valence-electron chi connectivity index (χ4n) is 3.69. The Bertz CT molecular complexity index is 442. The zero-order valence-electron chi connectivity index (χ0n) is 16.0. The molecule has 0 aromatic heterocycles. The maximum Gasteiger partial charge on any atom is 0.242 e. The third-order valence-corrected chi connectivity index (χ3v) is 5.43. The molecule has 0 aromatic rings. The van der Waals surface area contributed by atoms with E-state index in [4.69, 9.17) is 4.74 Å². The Balaban J connectivity index is 1.82. The van der Waals surface area contributed by atoms with E-state index < -0.39 is 0 Å². The fourth-order valence-corrected chi connectivity index (χ4v) is 3.69. The van der Waals surface area contributed by atoms with Crippen molar-refractivity contribution >= 4 is 11.6 Å². The minimum Gasteiger partial charge on any atom is -0.366 e. The zero-order chi connectivity index (χ0) is 17.6. The van der Waals surface area contributed by atoms with Crippen LogP contribution in [0.2, 0.25) is 0 Å². The molecule has 0 aromatic carbocycles. The lowest BCUT2D eigenvalue weighted by Crippen LogP contribution is -2.42. The number of hydrazone groups is 1. The molecular weight excluding hydrogens is 302 g/mol. The molecule has 5 nitrogen and oxygen atoms in total. The molecule has 0 saturated carbocycles. The van der Waals surface area contributed by atoms with E-state index in [1.807, 2.05) is 0 Å². The maximum absolute atomic E-state index is 12.3. The van der Waals surface area contributed by atoms with Crippen LogP contribution in [0.4, 0.5) is 0 Å². The summed E-state index contributed by atoms with van der Waals surface area (Å²) >= 11 is 0. The average molecular weight is 338 g/mol. The molecule has 0 aliphatic carbocycles. The second-order valence-corrected chi connectivity index (χ2v) is 7.60. The van der Waals surface area contributed by atoms with Gasteiger partial charge < -0.3 is 9.64 Å². The maximum atomic E-state index is 12.3. The number of piperidine rings is 1. The molecule has 2 rings (SSSR count). The SMILES string of the molecule is CCCCCCCC(=O)N(C)/N=C1\CC2(CCN(C)CC2)OC1C. The highest BCUT2D eigenvalue weighted by Crippen LogP contribution is 2.37. The molecule has 24 heavy (non-hydrogen) atoms. The molecule has 0 radical (unpaired) electrons. The van der Waals surface area contributed by atoms with Gasteiger partial charge in [-0.05, 0) is 33.2 Å². The van der Waals surface area contributed by atoms with E-state index in [-0.39, 0.29) is 17.6 Å². The highest BCUT2D eigenvalue weighted by atomic mass is 16.5. The van der Waals surface area contributed by atoms with Gasteiger partial charge in [-0.15, -0.1) is 0 Å². The lowest BCUT2D eigenvalue weighted by molar-refractivity contribution is -0.130.